The first-order chi connectivity index (χ1) is 14.5. The van der Waals surface area contributed by atoms with E-state index in [-0.39, 0.29) is 0 Å². The van der Waals surface area contributed by atoms with Crippen molar-refractivity contribution < 1.29 is 0 Å². The Bertz CT molecular complexity index is 1310. The van der Waals surface area contributed by atoms with Crippen molar-refractivity contribution in [2.24, 2.45) is 0 Å². The third kappa shape index (κ3) is 3.13. The first kappa shape index (κ1) is 19.0. The average Bonchev–Trinajstić information content (AvgIpc) is 3.05. The molecule has 0 bridgehead atoms. The maximum Gasteiger partial charge on any atom is 0.164 e. The van der Waals surface area contributed by atoms with E-state index in [4.69, 9.17) is 10.8 Å². The molecule has 1 aliphatic heterocycles. The normalized spacial score (nSPS) is 13.4. The number of rotatable bonds is 3. The molecule has 30 heavy (non-hydrogen) atoms. The summed E-state index contributed by atoms with van der Waals surface area (Å²) in [6.45, 7) is 5.75. The molecule has 0 amide bonds. The monoisotopic (exact) mass is 508 g/mol. The number of benzene rings is 2. The Morgan fingerprint density at radius 1 is 1.03 bits per heavy atom. The molecule has 150 valence electrons. The van der Waals surface area contributed by atoms with Crippen LogP contribution in [0.4, 0.5) is 11.5 Å². The number of fused-ring (bicyclic) bond motifs is 2. The van der Waals surface area contributed by atoms with Gasteiger partial charge >= 0.3 is 0 Å². The summed E-state index contributed by atoms with van der Waals surface area (Å²) in [5.41, 5.74) is 14.4. The number of para-hydroxylation sites is 1. The van der Waals surface area contributed by atoms with Gasteiger partial charge in [-0.05, 0) is 70.8 Å². The molecule has 1 aliphatic rings. The molecule has 2 N–H and O–H groups in total. The van der Waals surface area contributed by atoms with Crippen molar-refractivity contribution in [1.82, 2.24) is 19.7 Å². The van der Waals surface area contributed by atoms with Crippen LogP contribution in [0.3, 0.4) is 0 Å². The molecule has 0 spiro atoms. The molecule has 0 aliphatic carbocycles. The highest BCUT2D eigenvalue weighted by Crippen LogP contribution is 2.34. The summed E-state index contributed by atoms with van der Waals surface area (Å²) in [7, 11) is 0. The van der Waals surface area contributed by atoms with Gasteiger partial charge in [0.05, 0.1) is 11.9 Å². The van der Waals surface area contributed by atoms with Gasteiger partial charge in [0.25, 0.3) is 0 Å². The molecule has 0 saturated heterocycles. The number of nitrogens with two attached hydrogens (primary N) is 1. The number of allylic oxidation sites excluding steroid dienone is 1. The van der Waals surface area contributed by atoms with Crippen LogP contribution in [0.25, 0.3) is 17.1 Å². The molecular formula is C23H21IN6. The summed E-state index contributed by atoms with van der Waals surface area (Å²) in [6, 6.07) is 15.0. The van der Waals surface area contributed by atoms with Gasteiger partial charge in [-0.3, -0.25) is 0 Å². The second-order valence-electron chi connectivity index (χ2n) is 7.56. The number of hydrogen-bond acceptors (Lipinski definition) is 5. The molecule has 0 saturated carbocycles. The number of nitrogens with zero attached hydrogens (tertiary/aromatic N) is 5. The van der Waals surface area contributed by atoms with Crippen LogP contribution in [-0.2, 0) is 13.1 Å². The lowest BCUT2D eigenvalue weighted by Crippen LogP contribution is -2.29. The van der Waals surface area contributed by atoms with Gasteiger partial charge in [-0.15, -0.1) is 0 Å². The zero-order valence-electron chi connectivity index (χ0n) is 16.8. The minimum atomic E-state index is 0.463. The Balaban J connectivity index is 1.66. The largest absolute Gasteiger partial charge is 0.383 e. The van der Waals surface area contributed by atoms with E-state index in [1.165, 1.54) is 40.0 Å². The number of aromatic nitrogens is 4. The Kier molecular flexibility index (Phi) is 4.69. The lowest BCUT2D eigenvalue weighted by molar-refractivity contribution is 0.661. The van der Waals surface area contributed by atoms with E-state index in [0.717, 1.165) is 21.3 Å². The van der Waals surface area contributed by atoms with Gasteiger partial charge < -0.3 is 10.6 Å². The third-order valence-corrected chi connectivity index (χ3v) is 6.42. The average molecular weight is 508 g/mol. The molecular weight excluding hydrogens is 487 g/mol. The third-order valence-electron chi connectivity index (χ3n) is 5.67. The van der Waals surface area contributed by atoms with Gasteiger partial charge in [0, 0.05) is 17.9 Å². The van der Waals surface area contributed by atoms with Crippen molar-refractivity contribution in [2.75, 3.05) is 10.6 Å². The quantitative estimate of drug-likeness (QED) is 0.407. The predicted molar refractivity (Wildman–Crippen MR) is 129 cm³/mol. The molecule has 2 aromatic carbocycles. The SMILES string of the molecule is Cc1ccccc1N1Cc2c(C)cccc2C=C1Cn1nc(I)c2c(N)ncnc21. The molecule has 3 heterocycles. The van der Waals surface area contributed by atoms with Crippen LogP contribution in [0, 0.1) is 17.5 Å². The van der Waals surface area contributed by atoms with Gasteiger partial charge in [0.1, 0.15) is 15.8 Å². The van der Waals surface area contributed by atoms with Crippen LogP contribution in [0.15, 0.2) is 54.5 Å². The van der Waals surface area contributed by atoms with Crippen LogP contribution in [0.5, 0.6) is 0 Å². The van der Waals surface area contributed by atoms with E-state index in [0.29, 0.717) is 12.4 Å². The van der Waals surface area contributed by atoms with E-state index in [1.807, 2.05) is 4.68 Å². The fourth-order valence-corrected chi connectivity index (χ4v) is 4.86. The highest BCUT2D eigenvalue weighted by Gasteiger charge is 2.24. The summed E-state index contributed by atoms with van der Waals surface area (Å²) in [5, 5.41) is 5.54. The number of halogens is 1. The Morgan fingerprint density at radius 3 is 2.67 bits per heavy atom. The first-order valence-electron chi connectivity index (χ1n) is 9.77. The van der Waals surface area contributed by atoms with Crippen LogP contribution >= 0.6 is 22.6 Å². The zero-order valence-corrected chi connectivity index (χ0v) is 19.0. The topological polar surface area (TPSA) is 72.9 Å². The second-order valence-corrected chi connectivity index (χ2v) is 8.58. The van der Waals surface area contributed by atoms with Gasteiger partial charge in [-0.25, -0.2) is 14.6 Å². The maximum atomic E-state index is 6.09. The van der Waals surface area contributed by atoms with Crippen molar-refractivity contribution >= 4 is 51.2 Å². The lowest BCUT2D eigenvalue weighted by atomic mass is 9.96. The molecule has 4 aromatic rings. The first-order valence-corrected chi connectivity index (χ1v) is 10.9. The molecule has 2 aromatic heterocycles. The number of nitrogen functional groups attached to an aromatic ring is 1. The van der Waals surface area contributed by atoms with Gasteiger partial charge in [0.15, 0.2) is 5.65 Å². The van der Waals surface area contributed by atoms with E-state index in [1.54, 1.807) is 0 Å². The van der Waals surface area contributed by atoms with Crippen molar-refractivity contribution in [1.29, 1.82) is 0 Å². The van der Waals surface area contributed by atoms with Crippen LogP contribution < -0.4 is 10.6 Å². The fraction of sp³-hybridized carbons (Fsp3) is 0.174. The molecule has 6 nitrogen and oxygen atoms in total. The van der Waals surface area contributed by atoms with Crippen molar-refractivity contribution in [3.8, 4) is 0 Å². The second kappa shape index (κ2) is 7.39. The summed E-state index contributed by atoms with van der Waals surface area (Å²) in [5.74, 6) is 0.463. The number of anilines is 2. The summed E-state index contributed by atoms with van der Waals surface area (Å²) in [4.78, 5) is 11.0. The van der Waals surface area contributed by atoms with Crippen molar-refractivity contribution in [3.05, 3.63) is 80.4 Å². The van der Waals surface area contributed by atoms with Crippen molar-refractivity contribution in [3.63, 3.8) is 0 Å². The number of aryl methyl sites for hydroxylation is 2. The molecule has 0 atom stereocenters. The minimum absolute atomic E-state index is 0.463. The molecule has 0 radical (unpaired) electrons. The highest BCUT2D eigenvalue weighted by atomic mass is 127. The smallest absolute Gasteiger partial charge is 0.164 e. The fourth-order valence-electron chi connectivity index (χ4n) is 4.08. The molecule has 0 unspecified atom stereocenters. The summed E-state index contributed by atoms with van der Waals surface area (Å²) >= 11 is 2.20. The summed E-state index contributed by atoms with van der Waals surface area (Å²) < 4.78 is 2.74. The van der Waals surface area contributed by atoms with Gasteiger partial charge in [0.2, 0.25) is 0 Å². The Hall–Kier alpha value is -2.94. The van der Waals surface area contributed by atoms with Crippen LogP contribution in [0.2, 0.25) is 0 Å². The van der Waals surface area contributed by atoms with E-state index in [2.05, 4.69) is 99.8 Å². The van der Waals surface area contributed by atoms with Crippen LogP contribution in [0.1, 0.15) is 22.3 Å². The van der Waals surface area contributed by atoms with Crippen LogP contribution in [-0.4, -0.2) is 19.7 Å². The zero-order chi connectivity index (χ0) is 20.8. The Morgan fingerprint density at radius 2 is 1.83 bits per heavy atom. The molecule has 5 rings (SSSR count). The van der Waals surface area contributed by atoms with E-state index < -0.39 is 0 Å². The van der Waals surface area contributed by atoms with E-state index in [9.17, 15) is 0 Å². The summed E-state index contributed by atoms with van der Waals surface area (Å²) in [6.07, 6.45) is 3.77. The highest BCUT2D eigenvalue weighted by molar-refractivity contribution is 14.1. The molecule has 0 fully saturated rings. The van der Waals surface area contributed by atoms with Gasteiger partial charge in [-0.2, -0.15) is 5.10 Å². The van der Waals surface area contributed by atoms with Gasteiger partial charge in [-0.1, -0.05) is 36.4 Å². The standard InChI is InChI=1S/C23H21IN6/c1-14-7-5-8-16-10-17(29(12-18(14)16)19-9-4-3-6-15(19)2)11-30-23-20(21(24)28-30)22(25)26-13-27-23/h3-10,13H,11-12H2,1-2H3,(H2,25,26,27). The predicted octanol–water partition coefficient (Wildman–Crippen LogP) is 4.69. The van der Waals surface area contributed by atoms with Crippen molar-refractivity contribution in [2.45, 2.75) is 26.9 Å². The lowest BCUT2D eigenvalue weighted by Gasteiger charge is -2.34. The maximum absolute atomic E-state index is 6.09. The number of hydrogen-bond donors (Lipinski definition) is 1. The van der Waals surface area contributed by atoms with E-state index >= 15 is 0 Å². The molecule has 7 heteroatoms. The Labute approximate surface area is 188 Å². The minimum Gasteiger partial charge on any atom is -0.383 e.